The molecule has 0 spiro atoms. The maximum atomic E-state index is 13.9. The molecule has 3 aromatic heterocycles. The van der Waals surface area contributed by atoms with E-state index >= 15 is 0 Å². The molecule has 2 aliphatic heterocycles. The number of sulfonamides is 3. The van der Waals surface area contributed by atoms with Crippen molar-refractivity contribution in [3.05, 3.63) is 94.9 Å². The number of nitrogens with one attached hydrogen (secondary N) is 7. The number of fused-ring (bicyclic) bond motifs is 19. The van der Waals surface area contributed by atoms with E-state index in [9.17, 15) is 53.5 Å². The fourth-order valence-electron chi connectivity index (χ4n) is 9.27. The van der Waals surface area contributed by atoms with Crippen molar-refractivity contribution < 1.29 is 53.5 Å². The molecule has 0 aliphatic carbocycles. The lowest BCUT2D eigenvalue weighted by Crippen LogP contribution is -2.29. The summed E-state index contributed by atoms with van der Waals surface area (Å²) in [5.74, 6) is 0.788. The van der Waals surface area contributed by atoms with Crippen LogP contribution < -0.4 is 30.5 Å². The Morgan fingerprint density at radius 2 is 0.850 bits per heavy atom. The first-order valence-electron chi connectivity index (χ1n) is 25.4. The molecule has 0 atom stereocenters. The molecule has 26 nitrogen and oxygen atoms in total. The Balaban J connectivity index is 1.23. The van der Waals surface area contributed by atoms with Gasteiger partial charge in [0.15, 0.2) is 11.7 Å². The number of aromatic amines is 3. The molecule has 80 heavy (non-hydrogen) atoms. The zero-order valence-electron chi connectivity index (χ0n) is 43.9. The number of rotatable bonds is 25. The van der Waals surface area contributed by atoms with Crippen molar-refractivity contribution in [3.8, 4) is 0 Å². The Labute approximate surface area is 461 Å². The molecule has 0 saturated carbocycles. The number of hydrogen-bond acceptors (Lipinski definition) is 19. The third-order valence-corrected chi connectivity index (χ3v) is 18.8. The van der Waals surface area contributed by atoms with Crippen molar-refractivity contribution in [1.82, 2.24) is 43.8 Å². The van der Waals surface area contributed by atoms with Gasteiger partial charge in [-0.15, -0.1) is 0 Å². The number of amidine groups is 2. The second-order valence-corrected chi connectivity index (χ2v) is 26.1. The summed E-state index contributed by atoms with van der Waals surface area (Å²) in [5, 5.41) is 33.3. The van der Waals surface area contributed by atoms with Gasteiger partial charge in [-0.2, -0.15) is 8.42 Å². The van der Waals surface area contributed by atoms with Crippen LogP contribution in [-0.2, 0) is 40.2 Å². The molecule has 0 unspecified atom stereocenters. The number of aromatic nitrogens is 3. The number of likely N-dealkylation sites (N-methyl/N-ethyl adjacent to an activating group) is 3. The molecular formula is C50H62N14O12S4. The second kappa shape index (κ2) is 24.0. The van der Waals surface area contributed by atoms with Crippen LogP contribution in [0.5, 0.6) is 0 Å². The summed E-state index contributed by atoms with van der Waals surface area (Å²) in [6.07, 6.45) is 1.34. The quantitative estimate of drug-likeness (QED) is 0.0284. The number of aliphatic imine (C=N–C) groups is 2. The lowest BCUT2D eigenvalue weighted by Gasteiger charge is -2.15. The largest absolute Gasteiger partial charge is 0.395 e. The molecule has 0 saturated heterocycles. The number of nitrogens with zero attached hydrogens (tertiary/aromatic N) is 7. The average molecular weight is 1180 g/mol. The van der Waals surface area contributed by atoms with Gasteiger partial charge >= 0.3 is 0 Å². The molecule has 2 aliphatic rings. The molecule has 5 heterocycles. The standard InChI is InChI=1S/C50H62N14O12S4/c1-62(21-24-65)18-4-15-51-77(68,69)31-7-11-35-39(27-31)47-55-43(35)54-44-36-12-8-32(78(70,71)52-16-5-19-63(2)22-25-66)28-40(36)48(56-44)58-46-38-14-10-34(80(74,75)76)30-42(38)50(60-46)61-49-41-29-33(9-13-37(41)45(57-47)59-49)79(72,73)53-17-6-20-64(3)23-26-67/h7-14,27-30,51-56,65-67H,4-6,15-26H2,1-3H3,(H,74,75,76)(H,57,58,59,60,61). The van der Waals surface area contributed by atoms with Gasteiger partial charge < -0.3 is 50.3 Å². The first kappa shape index (κ1) is 58.3. The van der Waals surface area contributed by atoms with Crippen LogP contribution in [0.3, 0.4) is 0 Å². The number of anilines is 2. The van der Waals surface area contributed by atoms with Gasteiger partial charge in [-0.05, 0) is 133 Å². The molecule has 8 bridgehead atoms. The highest BCUT2D eigenvalue weighted by Gasteiger charge is 2.28. The van der Waals surface area contributed by atoms with Gasteiger partial charge in [-0.1, -0.05) is 0 Å². The number of H-pyrrole nitrogens is 3. The molecule has 9 rings (SSSR count). The van der Waals surface area contributed by atoms with Crippen molar-refractivity contribution in [2.45, 2.75) is 38.8 Å². The predicted molar refractivity (Wildman–Crippen MR) is 302 cm³/mol. The fraction of sp³-hybridized carbons (Fsp3) is 0.360. The summed E-state index contributed by atoms with van der Waals surface area (Å²) in [5.41, 5.74) is 0.587. The zero-order chi connectivity index (χ0) is 57.1. The minimum absolute atomic E-state index is 0.0225. The maximum Gasteiger partial charge on any atom is 0.294 e. The van der Waals surface area contributed by atoms with Crippen LogP contribution in [0.15, 0.2) is 112 Å². The third-order valence-electron chi connectivity index (χ3n) is 13.5. The van der Waals surface area contributed by atoms with E-state index in [0.717, 1.165) is 0 Å². The Hall–Kier alpha value is -6.36. The predicted octanol–water partition coefficient (Wildman–Crippen LogP) is 1.32. The van der Waals surface area contributed by atoms with Crippen molar-refractivity contribution in [1.29, 1.82) is 0 Å². The van der Waals surface area contributed by atoms with Crippen LogP contribution in [-0.4, -0.2) is 195 Å². The summed E-state index contributed by atoms with van der Waals surface area (Å²) in [6, 6.07) is 17.0. The maximum absolute atomic E-state index is 13.9. The fourth-order valence-corrected chi connectivity index (χ4v) is 13.1. The van der Waals surface area contributed by atoms with Crippen LogP contribution in [0.4, 0.5) is 23.3 Å². The number of aliphatic hydroxyl groups is 3. The highest BCUT2D eigenvalue weighted by Crippen LogP contribution is 2.40. The van der Waals surface area contributed by atoms with E-state index in [1.54, 1.807) is 19.2 Å². The van der Waals surface area contributed by atoms with Crippen LogP contribution in [0.1, 0.15) is 30.4 Å². The van der Waals surface area contributed by atoms with Gasteiger partial charge in [-0.3, -0.25) is 4.55 Å². The van der Waals surface area contributed by atoms with Crippen LogP contribution in [0, 0.1) is 0 Å². The Kier molecular flexibility index (Phi) is 17.5. The molecule has 7 aromatic rings. The van der Waals surface area contributed by atoms with Crippen LogP contribution in [0.2, 0.25) is 0 Å². The molecule has 4 aromatic carbocycles. The molecule has 30 heteroatoms. The normalized spacial score (nSPS) is 14.0. The van der Waals surface area contributed by atoms with Gasteiger partial charge in [0.05, 0.1) is 39.4 Å². The number of benzene rings is 4. The summed E-state index contributed by atoms with van der Waals surface area (Å²) in [6.45, 7) is 2.95. The Morgan fingerprint density at radius 3 is 1.34 bits per heavy atom. The molecule has 0 radical (unpaired) electrons. The van der Waals surface area contributed by atoms with Crippen LogP contribution in [0.25, 0.3) is 32.3 Å². The van der Waals surface area contributed by atoms with Gasteiger partial charge in [0.2, 0.25) is 30.1 Å². The Morgan fingerprint density at radius 1 is 0.438 bits per heavy atom. The number of aliphatic hydroxyl groups excluding tert-OH is 3. The van der Waals surface area contributed by atoms with Crippen molar-refractivity contribution in [3.63, 3.8) is 0 Å². The smallest absolute Gasteiger partial charge is 0.294 e. The molecule has 0 fully saturated rings. The van der Waals surface area contributed by atoms with E-state index in [-0.39, 0.29) is 99.4 Å². The zero-order valence-corrected chi connectivity index (χ0v) is 47.1. The van der Waals surface area contributed by atoms with E-state index in [4.69, 9.17) is 20.0 Å². The summed E-state index contributed by atoms with van der Waals surface area (Å²) in [4.78, 5) is 34.1. The van der Waals surface area contributed by atoms with E-state index < -0.39 is 45.1 Å². The van der Waals surface area contributed by atoms with E-state index in [0.29, 0.717) is 103 Å². The second-order valence-electron chi connectivity index (χ2n) is 19.4. The molecule has 428 valence electrons. The average Bonchev–Trinajstić information content (AvgIpc) is 4.31. The highest BCUT2D eigenvalue weighted by molar-refractivity contribution is 7.90. The number of hydrogen-bond donors (Lipinski definition) is 11. The third kappa shape index (κ3) is 12.9. The van der Waals surface area contributed by atoms with Crippen molar-refractivity contribution in [2.24, 2.45) is 20.0 Å². The molecular weight excluding hydrogens is 1120 g/mol. The molecule has 11 N–H and O–H groups in total. The Bertz CT molecular complexity index is 4160. The van der Waals surface area contributed by atoms with E-state index in [2.05, 4.69) is 34.4 Å². The first-order valence-corrected chi connectivity index (χ1v) is 31.3. The van der Waals surface area contributed by atoms with Crippen LogP contribution >= 0.6 is 0 Å². The van der Waals surface area contributed by atoms with E-state index in [1.807, 2.05) is 28.8 Å². The van der Waals surface area contributed by atoms with E-state index in [1.165, 1.54) is 60.7 Å². The van der Waals surface area contributed by atoms with Gasteiger partial charge in [0.25, 0.3) is 10.1 Å². The minimum atomic E-state index is -4.78. The SMILES string of the molecule is CN(CCO)CCCNS(=O)(=O)c1ccc2c(c1)C1=NC2=Nc2[nH]c(c3ccc(S(=O)(=O)NCCCN(C)CCO)cc23)Nc2[nH]c(c3cc(S(=O)(=O)NCCCN(C)CCO)ccc23)N=c2[nH]c(c3cc(S(=O)(=O)O)ccc23)=N1. The summed E-state index contributed by atoms with van der Waals surface area (Å²) >= 11 is 0. The summed E-state index contributed by atoms with van der Waals surface area (Å²) < 4.78 is 127. The lowest BCUT2D eigenvalue weighted by molar-refractivity contribution is 0.220. The molecule has 0 amide bonds. The minimum Gasteiger partial charge on any atom is -0.395 e. The van der Waals surface area contributed by atoms with Crippen molar-refractivity contribution in [2.75, 3.05) is 105 Å². The topological polar surface area (TPSA) is 372 Å². The summed E-state index contributed by atoms with van der Waals surface area (Å²) in [7, 11) is -11.7. The van der Waals surface area contributed by atoms with Gasteiger partial charge in [-0.25, -0.2) is 59.4 Å². The van der Waals surface area contributed by atoms with Crippen molar-refractivity contribution >= 4 is 107 Å². The highest BCUT2D eigenvalue weighted by atomic mass is 32.2. The monoisotopic (exact) mass is 1180 g/mol. The lowest BCUT2D eigenvalue weighted by atomic mass is 10.1. The van der Waals surface area contributed by atoms with Gasteiger partial charge in [0.1, 0.15) is 34.2 Å². The van der Waals surface area contributed by atoms with Gasteiger partial charge in [0, 0.05) is 82.7 Å². The first-order chi connectivity index (χ1) is 38.1.